The van der Waals surface area contributed by atoms with Gasteiger partial charge in [0.2, 0.25) is 11.7 Å². The smallest absolute Gasteiger partial charge is 0.244 e. The molecule has 2 rings (SSSR count). The summed E-state index contributed by atoms with van der Waals surface area (Å²) in [7, 11) is 0. The number of amides is 1. The summed E-state index contributed by atoms with van der Waals surface area (Å²) < 4.78 is 0. The number of nitrogens with zero attached hydrogens (tertiary/aromatic N) is 4. The van der Waals surface area contributed by atoms with Gasteiger partial charge in [-0.05, 0) is 43.3 Å². The molecule has 0 bridgehead atoms. The summed E-state index contributed by atoms with van der Waals surface area (Å²) in [6, 6.07) is 7.07. The van der Waals surface area contributed by atoms with Gasteiger partial charge in [0.05, 0.1) is 0 Å². The van der Waals surface area contributed by atoms with E-state index in [0.29, 0.717) is 17.4 Å². The summed E-state index contributed by atoms with van der Waals surface area (Å²) in [5.74, 6) is 0.225. The summed E-state index contributed by atoms with van der Waals surface area (Å²) in [6.45, 7) is 4.03. The van der Waals surface area contributed by atoms with E-state index in [1.54, 1.807) is 24.3 Å². The quantitative estimate of drug-likeness (QED) is 0.853. The van der Waals surface area contributed by atoms with Gasteiger partial charge in [-0.25, -0.2) is 0 Å². The van der Waals surface area contributed by atoms with Crippen LogP contribution in [-0.2, 0) is 11.3 Å². The first-order chi connectivity index (χ1) is 9.89. The minimum atomic E-state index is -0.462. The van der Waals surface area contributed by atoms with E-state index in [9.17, 15) is 4.79 Å². The Hall–Kier alpha value is -1.99. The van der Waals surface area contributed by atoms with E-state index in [0.717, 1.165) is 5.56 Å². The molecule has 1 aromatic carbocycles. The lowest BCUT2D eigenvalue weighted by molar-refractivity contribution is -0.123. The van der Waals surface area contributed by atoms with Gasteiger partial charge in [-0.15, -0.1) is 10.2 Å². The molecule has 1 heterocycles. The van der Waals surface area contributed by atoms with Gasteiger partial charge < -0.3 is 11.1 Å². The van der Waals surface area contributed by atoms with E-state index in [-0.39, 0.29) is 12.5 Å². The van der Waals surface area contributed by atoms with Gasteiger partial charge in [-0.3, -0.25) is 4.79 Å². The fourth-order valence-corrected chi connectivity index (χ4v) is 1.75. The third-order valence-corrected chi connectivity index (χ3v) is 3.08. The van der Waals surface area contributed by atoms with E-state index in [1.807, 2.05) is 13.8 Å². The molecule has 7 nitrogen and oxygen atoms in total. The summed E-state index contributed by atoms with van der Waals surface area (Å²) >= 11 is 5.82. The molecule has 1 aromatic heterocycles. The Labute approximate surface area is 127 Å². The van der Waals surface area contributed by atoms with Crippen LogP contribution in [-0.4, -0.2) is 38.2 Å². The van der Waals surface area contributed by atoms with E-state index < -0.39 is 5.54 Å². The second kappa shape index (κ2) is 6.19. The lowest BCUT2D eigenvalue weighted by Crippen LogP contribution is -2.50. The van der Waals surface area contributed by atoms with Crippen LogP contribution < -0.4 is 11.1 Å². The molecule has 112 valence electrons. The first-order valence-corrected chi connectivity index (χ1v) is 6.82. The predicted octanol–water partition coefficient (Wildman–Crippen LogP) is 0.847. The number of halogens is 1. The Morgan fingerprint density at radius 1 is 1.38 bits per heavy atom. The molecule has 0 atom stereocenters. The van der Waals surface area contributed by atoms with Gasteiger partial charge in [0.15, 0.2) is 0 Å². The molecule has 1 amide bonds. The second-order valence-electron chi connectivity index (χ2n) is 5.29. The molecule has 0 saturated carbocycles. The molecule has 0 spiro atoms. The SMILES string of the molecule is CC(C)(CN)NC(=O)Cn1nnc(-c2ccc(Cl)cc2)n1. The highest BCUT2D eigenvalue weighted by Crippen LogP contribution is 2.16. The van der Waals surface area contributed by atoms with Crippen molar-refractivity contribution in [3.05, 3.63) is 29.3 Å². The number of hydrogen-bond donors (Lipinski definition) is 2. The van der Waals surface area contributed by atoms with Crippen molar-refractivity contribution in [3.63, 3.8) is 0 Å². The normalized spacial score (nSPS) is 11.4. The zero-order chi connectivity index (χ0) is 15.5. The van der Waals surface area contributed by atoms with Crippen LogP contribution in [0.1, 0.15) is 13.8 Å². The fraction of sp³-hybridized carbons (Fsp3) is 0.385. The van der Waals surface area contributed by atoms with Crippen LogP contribution in [0.3, 0.4) is 0 Å². The van der Waals surface area contributed by atoms with E-state index in [4.69, 9.17) is 17.3 Å². The van der Waals surface area contributed by atoms with Crippen molar-refractivity contribution in [1.82, 2.24) is 25.5 Å². The highest BCUT2D eigenvalue weighted by atomic mass is 35.5. The zero-order valence-electron chi connectivity index (χ0n) is 11.9. The zero-order valence-corrected chi connectivity index (χ0v) is 12.6. The number of benzene rings is 1. The van der Waals surface area contributed by atoms with E-state index in [2.05, 4.69) is 20.7 Å². The molecule has 3 N–H and O–H groups in total. The largest absolute Gasteiger partial charge is 0.348 e. The molecule has 8 heteroatoms. The molecule has 0 aliphatic carbocycles. The Balaban J connectivity index is 2.03. The number of rotatable bonds is 5. The summed E-state index contributed by atoms with van der Waals surface area (Å²) in [5, 5.41) is 15.4. The monoisotopic (exact) mass is 308 g/mol. The van der Waals surface area contributed by atoms with Gasteiger partial charge in [0, 0.05) is 22.7 Å². The van der Waals surface area contributed by atoms with Crippen molar-refractivity contribution in [2.75, 3.05) is 6.54 Å². The third-order valence-electron chi connectivity index (χ3n) is 2.83. The van der Waals surface area contributed by atoms with Gasteiger partial charge in [0.25, 0.3) is 0 Å². The van der Waals surface area contributed by atoms with E-state index >= 15 is 0 Å². The van der Waals surface area contributed by atoms with Gasteiger partial charge in [-0.2, -0.15) is 4.80 Å². The Bertz CT molecular complexity index is 622. The summed E-state index contributed by atoms with van der Waals surface area (Å²) in [5.41, 5.74) is 5.89. The van der Waals surface area contributed by atoms with Crippen molar-refractivity contribution in [2.45, 2.75) is 25.9 Å². The van der Waals surface area contributed by atoms with Gasteiger partial charge >= 0.3 is 0 Å². The number of tetrazole rings is 1. The average molecular weight is 309 g/mol. The maximum Gasteiger partial charge on any atom is 0.244 e. The minimum Gasteiger partial charge on any atom is -0.348 e. The lowest BCUT2D eigenvalue weighted by atomic mass is 10.1. The van der Waals surface area contributed by atoms with Crippen LogP contribution in [0.5, 0.6) is 0 Å². The molecular formula is C13H17ClN6O. The fourth-order valence-electron chi connectivity index (χ4n) is 1.62. The molecule has 2 aromatic rings. The number of carbonyl (C=O) groups is 1. The van der Waals surface area contributed by atoms with Crippen molar-refractivity contribution in [3.8, 4) is 11.4 Å². The topological polar surface area (TPSA) is 98.7 Å². The van der Waals surface area contributed by atoms with Crippen LogP contribution >= 0.6 is 11.6 Å². The second-order valence-corrected chi connectivity index (χ2v) is 5.72. The maximum absolute atomic E-state index is 11.9. The van der Waals surface area contributed by atoms with Gasteiger partial charge in [0.1, 0.15) is 6.54 Å². The molecule has 0 saturated heterocycles. The molecule has 0 fully saturated rings. The summed E-state index contributed by atoms with van der Waals surface area (Å²) in [4.78, 5) is 13.1. The molecule has 0 unspecified atom stereocenters. The van der Waals surface area contributed by atoms with Gasteiger partial charge in [-0.1, -0.05) is 11.6 Å². The third kappa shape index (κ3) is 4.24. The van der Waals surface area contributed by atoms with Crippen molar-refractivity contribution < 1.29 is 4.79 Å². The lowest BCUT2D eigenvalue weighted by Gasteiger charge is -2.23. The number of nitrogens with one attached hydrogen (secondary N) is 1. The number of nitrogens with two attached hydrogens (primary N) is 1. The first-order valence-electron chi connectivity index (χ1n) is 6.44. The Morgan fingerprint density at radius 2 is 2.05 bits per heavy atom. The van der Waals surface area contributed by atoms with Crippen LogP contribution in [0, 0.1) is 0 Å². The van der Waals surface area contributed by atoms with Crippen LogP contribution in [0.25, 0.3) is 11.4 Å². The van der Waals surface area contributed by atoms with Crippen molar-refractivity contribution in [1.29, 1.82) is 0 Å². The molecular weight excluding hydrogens is 292 g/mol. The molecule has 0 aliphatic rings. The average Bonchev–Trinajstić information content (AvgIpc) is 2.87. The van der Waals surface area contributed by atoms with Crippen LogP contribution in [0.4, 0.5) is 0 Å². The Kier molecular flexibility index (Phi) is 4.54. The van der Waals surface area contributed by atoms with Crippen LogP contribution in [0.2, 0.25) is 5.02 Å². The molecule has 21 heavy (non-hydrogen) atoms. The van der Waals surface area contributed by atoms with E-state index in [1.165, 1.54) is 4.80 Å². The summed E-state index contributed by atoms with van der Waals surface area (Å²) in [6.07, 6.45) is 0. The molecule has 0 radical (unpaired) electrons. The number of aromatic nitrogens is 4. The number of carbonyl (C=O) groups excluding carboxylic acids is 1. The maximum atomic E-state index is 11.9. The first kappa shape index (κ1) is 15.4. The van der Waals surface area contributed by atoms with Crippen molar-refractivity contribution >= 4 is 17.5 Å². The van der Waals surface area contributed by atoms with Crippen molar-refractivity contribution in [2.24, 2.45) is 5.73 Å². The highest BCUT2D eigenvalue weighted by Gasteiger charge is 2.19. The number of hydrogen-bond acceptors (Lipinski definition) is 5. The molecule has 0 aliphatic heterocycles. The minimum absolute atomic E-state index is 0.00990. The predicted molar refractivity (Wildman–Crippen MR) is 79.5 cm³/mol. The standard InChI is InChI=1S/C13H17ClN6O/c1-13(2,8-15)16-11(21)7-20-18-12(17-19-20)9-3-5-10(14)6-4-9/h3-6H,7-8,15H2,1-2H3,(H,16,21). The highest BCUT2D eigenvalue weighted by molar-refractivity contribution is 6.30. The van der Waals surface area contributed by atoms with Crippen LogP contribution in [0.15, 0.2) is 24.3 Å². The Morgan fingerprint density at radius 3 is 2.67 bits per heavy atom.